The highest BCUT2D eigenvalue weighted by atomic mass is 32.2. The molecule has 1 amide bonds. The third kappa shape index (κ3) is 5.54. The molecule has 0 aliphatic carbocycles. The van der Waals surface area contributed by atoms with E-state index in [9.17, 15) is 9.59 Å². The minimum absolute atomic E-state index is 0.0288. The lowest BCUT2D eigenvalue weighted by Gasteiger charge is -2.03. The van der Waals surface area contributed by atoms with Crippen molar-refractivity contribution in [3.63, 3.8) is 0 Å². The highest BCUT2D eigenvalue weighted by molar-refractivity contribution is 8.13. The van der Waals surface area contributed by atoms with Gasteiger partial charge in [-0.05, 0) is 30.5 Å². The predicted octanol–water partition coefficient (Wildman–Crippen LogP) is 3.56. The van der Waals surface area contributed by atoms with E-state index in [0.29, 0.717) is 12.0 Å². The molecule has 0 bridgehead atoms. The zero-order chi connectivity index (χ0) is 13.3. The first kappa shape index (κ1) is 15.7. The molecule has 0 fully saturated rings. The zero-order valence-electron chi connectivity index (χ0n) is 10.7. The first-order valence-corrected chi connectivity index (χ1v) is 6.88. The fourth-order valence-corrected chi connectivity index (χ4v) is 1.43. The van der Waals surface area contributed by atoms with Gasteiger partial charge in [-0.2, -0.15) is 0 Å². The van der Waals surface area contributed by atoms with Crippen molar-refractivity contribution in [1.82, 2.24) is 0 Å². The number of carbonyl (C=O) groups excluding carboxylic acids is 2. The van der Waals surface area contributed by atoms with Crippen LogP contribution in [-0.4, -0.2) is 17.3 Å². The zero-order valence-corrected chi connectivity index (χ0v) is 11.6. The van der Waals surface area contributed by atoms with E-state index in [1.54, 1.807) is 37.4 Å². The second-order valence-electron chi connectivity index (χ2n) is 2.97. The molecule has 0 saturated heterocycles. The van der Waals surface area contributed by atoms with Crippen LogP contribution in [0.15, 0.2) is 24.3 Å². The second kappa shape index (κ2) is 8.82. The predicted molar refractivity (Wildman–Crippen MR) is 74.6 cm³/mol. The summed E-state index contributed by atoms with van der Waals surface area (Å²) in [6, 6.07) is 6.89. The number of hydrogen-bond acceptors (Lipinski definition) is 3. The molecule has 94 valence electrons. The van der Waals surface area contributed by atoms with Crippen LogP contribution in [0.2, 0.25) is 0 Å². The van der Waals surface area contributed by atoms with E-state index in [1.165, 1.54) is 11.8 Å². The fraction of sp³-hybridized carbons (Fsp3) is 0.385. The maximum absolute atomic E-state index is 11.3. The molecule has 0 spiro atoms. The number of nitrogens with one attached hydrogen (secondary N) is 1. The van der Waals surface area contributed by atoms with Gasteiger partial charge in [-0.3, -0.25) is 9.59 Å². The number of benzene rings is 1. The van der Waals surface area contributed by atoms with Gasteiger partial charge in [0.1, 0.15) is 0 Å². The minimum Gasteiger partial charge on any atom is -0.326 e. The Kier molecular flexibility index (Phi) is 8.15. The van der Waals surface area contributed by atoms with Crippen molar-refractivity contribution >= 4 is 28.5 Å². The van der Waals surface area contributed by atoms with Crippen LogP contribution >= 0.6 is 11.8 Å². The van der Waals surface area contributed by atoms with E-state index < -0.39 is 0 Å². The lowest BCUT2D eigenvalue weighted by molar-refractivity contribution is -0.115. The van der Waals surface area contributed by atoms with Gasteiger partial charge in [0.25, 0.3) is 0 Å². The molecule has 0 aliphatic rings. The standard InChI is InChI=1S/C11H13NO2S.C2H6/c1-3-10(13)12-9-6-4-8(5-7-9)11(14)15-2;1-2/h4-7H,3H2,1-2H3,(H,12,13);1-2H3. The number of amides is 1. The number of thioether (sulfide) groups is 1. The van der Waals surface area contributed by atoms with Gasteiger partial charge in [0, 0.05) is 17.7 Å². The average molecular weight is 253 g/mol. The summed E-state index contributed by atoms with van der Waals surface area (Å²) in [7, 11) is 0. The Bertz CT molecular complexity index is 360. The van der Waals surface area contributed by atoms with Crippen molar-refractivity contribution in [2.45, 2.75) is 27.2 Å². The van der Waals surface area contributed by atoms with Crippen molar-refractivity contribution < 1.29 is 9.59 Å². The number of carbonyl (C=O) groups is 2. The van der Waals surface area contributed by atoms with Crippen molar-refractivity contribution in [1.29, 1.82) is 0 Å². The monoisotopic (exact) mass is 253 g/mol. The summed E-state index contributed by atoms with van der Waals surface area (Å²) in [6.07, 6.45) is 2.20. The molecule has 1 N–H and O–H groups in total. The molecule has 4 heteroatoms. The van der Waals surface area contributed by atoms with E-state index in [0.717, 1.165) is 5.69 Å². The maximum Gasteiger partial charge on any atom is 0.224 e. The summed E-state index contributed by atoms with van der Waals surface area (Å²) in [5, 5.41) is 2.75. The molecule has 1 aromatic rings. The molecule has 1 aromatic carbocycles. The Morgan fingerprint density at radius 1 is 1.18 bits per heavy atom. The van der Waals surface area contributed by atoms with Crippen LogP contribution < -0.4 is 5.32 Å². The molecule has 0 atom stereocenters. The summed E-state index contributed by atoms with van der Waals surface area (Å²) in [5.74, 6) is -0.0288. The van der Waals surface area contributed by atoms with Crippen LogP contribution in [0.4, 0.5) is 5.69 Å². The molecule has 3 nitrogen and oxygen atoms in total. The Morgan fingerprint density at radius 2 is 1.71 bits per heavy atom. The molecule has 17 heavy (non-hydrogen) atoms. The van der Waals surface area contributed by atoms with Crippen LogP contribution in [0, 0.1) is 0 Å². The van der Waals surface area contributed by atoms with Crippen molar-refractivity contribution in [3.05, 3.63) is 29.8 Å². The van der Waals surface area contributed by atoms with Gasteiger partial charge in [0.2, 0.25) is 11.0 Å². The van der Waals surface area contributed by atoms with E-state index in [2.05, 4.69) is 5.32 Å². The first-order valence-electron chi connectivity index (χ1n) is 5.65. The van der Waals surface area contributed by atoms with Crippen LogP contribution in [0.3, 0.4) is 0 Å². The molecule has 0 unspecified atom stereocenters. The third-order valence-corrected chi connectivity index (χ3v) is 2.52. The molecular formula is C13H19NO2S. The van der Waals surface area contributed by atoms with Crippen LogP contribution in [0.25, 0.3) is 0 Å². The average Bonchev–Trinajstić information content (AvgIpc) is 2.40. The Labute approximate surface area is 107 Å². The largest absolute Gasteiger partial charge is 0.326 e. The van der Waals surface area contributed by atoms with Crippen molar-refractivity contribution in [3.8, 4) is 0 Å². The van der Waals surface area contributed by atoms with Crippen LogP contribution in [0.5, 0.6) is 0 Å². The van der Waals surface area contributed by atoms with Crippen molar-refractivity contribution in [2.75, 3.05) is 11.6 Å². The quantitative estimate of drug-likeness (QED) is 0.895. The van der Waals surface area contributed by atoms with Crippen LogP contribution in [0.1, 0.15) is 37.6 Å². The van der Waals surface area contributed by atoms with Gasteiger partial charge in [-0.15, -0.1) is 0 Å². The number of hydrogen-bond donors (Lipinski definition) is 1. The molecular weight excluding hydrogens is 234 g/mol. The highest BCUT2D eigenvalue weighted by Crippen LogP contribution is 2.13. The SMILES string of the molecule is CC.CCC(=O)Nc1ccc(C(=O)SC)cc1. The minimum atomic E-state index is -0.0288. The number of anilines is 1. The summed E-state index contributed by atoms with van der Waals surface area (Å²) < 4.78 is 0. The summed E-state index contributed by atoms with van der Waals surface area (Å²) in [6.45, 7) is 5.79. The van der Waals surface area contributed by atoms with Crippen LogP contribution in [-0.2, 0) is 4.79 Å². The van der Waals surface area contributed by atoms with E-state index in [4.69, 9.17) is 0 Å². The summed E-state index contributed by atoms with van der Waals surface area (Å²) in [4.78, 5) is 22.4. The molecule has 0 saturated carbocycles. The lowest BCUT2D eigenvalue weighted by atomic mass is 10.2. The van der Waals surface area contributed by atoms with Gasteiger partial charge in [0.05, 0.1) is 0 Å². The smallest absolute Gasteiger partial charge is 0.224 e. The summed E-state index contributed by atoms with van der Waals surface area (Å²) >= 11 is 1.18. The van der Waals surface area contributed by atoms with E-state index in [1.807, 2.05) is 13.8 Å². The number of rotatable bonds is 3. The Hall–Kier alpha value is -1.29. The van der Waals surface area contributed by atoms with Gasteiger partial charge >= 0.3 is 0 Å². The third-order valence-electron chi connectivity index (χ3n) is 1.91. The highest BCUT2D eigenvalue weighted by Gasteiger charge is 2.04. The fourth-order valence-electron chi connectivity index (χ4n) is 1.06. The first-order chi connectivity index (χ1) is 8.17. The molecule has 0 heterocycles. The topological polar surface area (TPSA) is 46.2 Å². The lowest BCUT2D eigenvalue weighted by Crippen LogP contribution is -2.09. The molecule has 0 radical (unpaired) electrons. The Balaban J connectivity index is 0.00000121. The summed E-state index contributed by atoms with van der Waals surface area (Å²) in [5.41, 5.74) is 1.37. The van der Waals surface area contributed by atoms with Gasteiger partial charge in [-0.25, -0.2) is 0 Å². The molecule has 0 aromatic heterocycles. The van der Waals surface area contributed by atoms with E-state index >= 15 is 0 Å². The van der Waals surface area contributed by atoms with Gasteiger partial charge in [-0.1, -0.05) is 32.5 Å². The molecule has 0 aliphatic heterocycles. The van der Waals surface area contributed by atoms with Gasteiger partial charge < -0.3 is 5.32 Å². The Morgan fingerprint density at radius 3 is 2.12 bits per heavy atom. The van der Waals surface area contributed by atoms with Gasteiger partial charge in [0.15, 0.2) is 0 Å². The normalized spacial score (nSPS) is 8.94. The molecule has 1 rings (SSSR count). The second-order valence-corrected chi connectivity index (χ2v) is 3.75. The van der Waals surface area contributed by atoms with E-state index in [-0.39, 0.29) is 11.0 Å². The maximum atomic E-state index is 11.3. The van der Waals surface area contributed by atoms with Crippen molar-refractivity contribution in [2.24, 2.45) is 0 Å².